The van der Waals surface area contributed by atoms with Crippen molar-refractivity contribution in [3.63, 3.8) is 0 Å². The van der Waals surface area contributed by atoms with E-state index >= 15 is 0 Å². The first kappa shape index (κ1) is 12.6. The molecule has 3 nitrogen and oxygen atoms in total. The summed E-state index contributed by atoms with van der Waals surface area (Å²) in [7, 11) is -0.131. The monoisotopic (exact) mass is 246 g/mol. The minimum Gasteiger partial charge on any atom is -0.494 e. The van der Waals surface area contributed by atoms with Gasteiger partial charge in [-0.15, -0.1) is 0 Å². The van der Waals surface area contributed by atoms with E-state index in [1.165, 1.54) is 19.2 Å². The molecule has 0 aromatic heterocycles. The molecule has 0 radical (unpaired) electrons. The molecule has 0 atom stereocenters. The van der Waals surface area contributed by atoms with E-state index in [1.807, 2.05) is 0 Å². The van der Waals surface area contributed by atoms with Crippen LogP contribution in [-0.4, -0.2) is 24.3 Å². The second-order valence-corrected chi connectivity index (χ2v) is 3.85. The van der Waals surface area contributed by atoms with Gasteiger partial charge in [0.1, 0.15) is 0 Å². The first-order valence-electron chi connectivity index (χ1n) is 5.42. The van der Waals surface area contributed by atoms with E-state index in [1.54, 1.807) is 30.3 Å². The van der Waals surface area contributed by atoms with Crippen molar-refractivity contribution in [1.29, 1.82) is 0 Å². The first-order chi connectivity index (χ1) is 8.61. The molecule has 0 aliphatic carbocycles. The molecule has 92 valence electrons. The molecule has 0 unspecified atom stereocenters. The quantitative estimate of drug-likeness (QED) is 0.799. The number of benzene rings is 2. The van der Waals surface area contributed by atoms with Crippen LogP contribution in [0.2, 0.25) is 0 Å². The lowest BCUT2D eigenvalue weighted by Crippen LogP contribution is -2.29. The van der Waals surface area contributed by atoms with Gasteiger partial charge in [0, 0.05) is 0 Å². The molecule has 0 saturated carbocycles. The van der Waals surface area contributed by atoms with E-state index in [-0.39, 0.29) is 5.75 Å². The minimum absolute atomic E-state index is 0.178. The number of halogens is 1. The van der Waals surface area contributed by atoms with Gasteiger partial charge in [-0.1, -0.05) is 30.3 Å². The number of methoxy groups -OCH3 is 1. The average Bonchev–Trinajstić information content (AvgIpc) is 2.38. The summed E-state index contributed by atoms with van der Waals surface area (Å²) >= 11 is 0. The van der Waals surface area contributed by atoms with Crippen molar-refractivity contribution in [3.8, 4) is 16.9 Å². The summed E-state index contributed by atoms with van der Waals surface area (Å²) < 4.78 is 18.4. The number of hydrogen-bond acceptors (Lipinski definition) is 3. The largest absolute Gasteiger partial charge is 0.494 e. The van der Waals surface area contributed by atoms with Crippen molar-refractivity contribution in [3.05, 3.63) is 48.3 Å². The molecule has 2 aromatic rings. The molecule has 18 heavy (non-hydrogen) atoms. The van der Waals surface area contributed by atoms with Gasteiger partial charge in [0.15, 0.2) is 11.6 Å². The Morgan fingerprint density at radius 2 is 1.78 bits per heavy atom. The molecule has 0 fully saturated rings. The topological polar surface area (TPSA) is 49.7 Å². The smallest absolute Gasteiger partial charge is 0.488 e. The summed E-state index contributed by atoms with van der Waals surface area (Å²) in [5, 5.41) is 18.2. The van der Waals surface area contributed by atoms with Crippen LogP contribution in [0.3, 0.4) is 0 Å². The highest BCUT2D eigenvalue weighted by atomic mass is 19.1. The zero-order chi connectivity index (χ0) is 13.1. The summed E-state index contributed by atoms with van der Waals surface area (Å²) in [6.07, 6.45) is 0. The molecule has 0 heterocycles. The van der Waals surface area contributed by atoms with Gasteiger partial charge in [-0.25, -0.2) is 4.39 Å². The maximum Gasteiger partial charge on any atom is 0.488 e. The second-order valence-electron chi connectivity index (χ2n) is 3.85. The molecule has 0 amide bonds. The highest BCUT2D eigenvalue weighted by molar-refractivity contribution is 6.58. The molecular formula is C13H12BFO3. The van der Waals surface area contributed by atoms with Crippen molar-refractivity contribution in [2.45, 2.75) is 0 Å². The molecule has 5 heteroatoms. The Balaban J connectivity index is 2.42. The molecule has 2 aromatic carbocycles. The molecule has 2 N–H and O–H groups in total. The predicted octanol–water partition coefficient (Wildman–Crippen LogP) is 1.18. The van der Waals surface area contributed by atoms with Crippen molar-refractivity contribution >= 4 is 12.6 Å². The summed E-state index contributed by atoms with van der Waals surface area (Å²) in [4.78, 5) is 0. The lowest BCUT2D eigenvalue weighted by molar-refractivity contribution is 0.386. The number of hydrogen-bond donors (Lipinski definition) is 2. The lowest BCUT2D eigenvalue weighted by Gasteiger charge is -2.07. The Morgan fingerprint density at radius 3 is 2.39 bits per heavy atom. The fourth-order valence-corrected chi connectivity index (χ4v) is 1.72. The molecule has 0 bridgehead atoms. The normalized spacial score (nSPS) is 10.2. The SMILES string of the molecule is COc1ccc(-c2cccc(B(O)O)c2)cc1F. The maximum absolute atomic E-state index is 13.6. The Hall–Kier alpha value is -1.85. The Kier molecular flexibility index (Phi) is 3.65. The van der Waals surface area contributed by atoms with Gasteiger partial charge < -0.3 is 14.8 Å². The Bertz CT molecular complexity index is 558. The zero-order valence-corrected chi connectivity index (χ0v) is 9.80. The van der Waals surface area contributed by atoms with Gasteiger partial charge in [0.05, 0.1) is 7.11 Å². The van der Waals surface area contributed by atoms with E-state index in [0.717, 1.165) is 0 Å². The standard InChI is InChI=1S/C13H12BFO3/c1-18-13-6-5-10(8-12(13)15)9-3-2-4-11(7-9)14(16)17/h2-8,16-17H,1H3. The lowest BCUT2D eigenvalue weighted by atomic mass is 9.79. The molecular weight excluding hydrogens is 234 g/mol. The van der Waals surface area contributed by atoms with Crippen molar-refractivity contribution in [2.24, 2.45) is 0 Å². The second kappa shape index (κ2) is 5.20. The fraction of sp³-hybridized carbons (Fsp3) is 0.0769. The van der Waals surface area contributed by atoms with E-state index in [2.05, 4.69) is 0 Å². The van der Waals surface area contributed by atoms with Gasteiger partial charge >= 0.3 is 7.12 Å². The summed E-state index contributed by atoms with van der Waals surface area (Å²) in [5.41, 5.74) is 1.72. The Labute approximate surface area is 105 Å². The van der Waals surface area contributed by atoms with Gasteiger partial charge in [-0.05, 0) is 28.7 Å². The van der Waals surface area contributed by atoms with E-state index in [0.29, 0.717) is 16.6 Å². The van der Waals surface area contributed by atoms with Crippen LogP contribution in [0.1, 0.15) is 0 Å². The first-order valence-corrected chi connectivity index (χ1v) is 5.42. The van der Waals surface area contributed by atoms with Gasteiger partial charge in [-0.3, -0.25) is 0 Å². The average molecular weight is 246 g/mol. The van der Waals surface area contributed by atoms with Crippen LogP contribution < -0.4 is 10.2 Å². The fourth-order valence-electron chi connectivity index (χ4n) is 1.72. The highest BCUT2D eigenvalue weighted by Gasteiger charge is 2.12. The van der Waals surface area contributed by atoms with Crippen LogP contribution in [0.15, 0.2) is 42.5 Å². The molecule has 0 spiro atoms. The third kappa shape index (κ3) is 2.52. The third-order valence-electron chi connectivity index (χ3n) is 2.67. The van der Waals surface area contributed by atoms with Crippen LogP contribution in [0.5, 0.6) is 5.75 Å². The van der Waals surface area contributed by atoms with Crippen LogP contribution >= 0.6 is 0 Å². The van der Waals surface area contributed by atoms with Gasteiger partial charge in [-0.2, -0.15) is 0 Å². The van der Waals surface area contributed by atoms with E-state index in [4.69, 9.17) is 14.8 Å². The minimum atomic E-state index is -1.53. The van der Waals surface area contributed by atoms with E-state index < -0.39 is 12.9 Å². The van der Waals surface area contributed by atoms with Crippen molar-refractivity contribution in [1.82, 2.24) is 0 Å². The van der Waals surface area contributed by atoms with E-state index in [9.17, 15) is 4.39 Å². The number of ether oxygens (including phenoxy) is 1. The maximum atomic E-state index is 13.6. The summed E-state index contributed by atoms with van der Waals surface area (Å²) in [6.45, 7) is 0. The van der Waals surface area contributed by atoms with Crippen LogP contribution in [-0.2, 0) is 0 Å². The molecule has 2 rings (SSSR count). The molecule has 0 aliphatic rings. The van der Waals surface area contributed by atoms with Crippen LogP contribution in [0.25, 0.3) is 11.1 Å². The summed E-state index contributed by atoms with van der Waals surface area (Å²) in [5.74, 6) is -0.276. The highest BCUT2D eigenvalue weighted by Crippen LogP contribution is 2.24. The number of rotatable bonds is 3. The van der Waals surface area contributed by atoms with Crippen molar-refractivity contribution < 1.29 is 19.2 Å². The van der Waals surface area contributed by atoms with Gasteiger partial charge in [0.25, 0.3) is 0 Å². The van der Waals surface area contributed by atoms with Crippen molar-refractivity contribution in [2.75, 3.05) is 7.11 Å². The van der Waals surface area contributed by atoms with Gasteiger partial charge in [0.2, 0.25) is 0 Å². The predicted molar refractivity (Wildman–Crippen MR) is 68.2 cm³/mol. The molecule has 0 aliphatic heterocycles. The third-order valence-corrected chi connectivity index (χ3v) is 2.67. The summed E-state index contributed by atoms with van der Waals surface area (Å²) in [6, 6.07) is 11.2. The zero-order valence-electron chi connectivity index (χ0n) is 9.80. The Morgan fingerprint density at radius 1 is 1.06 bits per heavy atom. The van der Waals surface area contributed by atoms with Crippen LogP contribution in [0.4, 0.5) is 4.39 Å². The molecule has 0 saturated heterocycles. The van der Waals surface area contributed by atoms with Crippen LogP contribution in [0, 0.1) is 5.82 Å².